The quantitative estimate of drug-likeness (QED) is 0.223. The standard InChI is InChI=1S/C27H28FN3O3S3.ClH/c1-2-14-31-15-13-20-23(17-31)36-27(25(20)26-29-21-6-3-4-7-22(21)35-26)30-24(32)8-5-16-37(33,34)19-11-9-18(28)10-12-19;/h3-4,6-7,9-12H,2,5,8,13-17H2,1H3,(H,30,32);1H. The first-order chi connectivity index (χ1) is 17.8. The third-order valence-electron chi connectivity index (χ3n) is 6.43. The van der Waals surface area contributed by atoms with Gasteiger partial charge in [-0.05, 0) is 67.8 Å². The predicted octanol–water partition coefficient (Wildman–Crippen LogP) is 6.55. The summed E-state index contributed by atoms with van der Waals surface area (Å²) in [5.41, 5.74) is 3.20. The number of hydrogen-bond donors (Lipinski definition) is 1. The average molecular weight is 594 g/mol. The van der Waals surface area contributed by atoms with Gasteiger partial charge in [-0.15, -0.1) is 35.1 Å². The number of fused-ring (bicyclic) bond motifs is 2. The molecule has 5 rings (SSSR count). The summed E-state index contributed by atoms with van der Waals surface area (Å²) in [7, 11) is -3.58. The molecule has 0 aliphatic carbocycles. The van der Waals surface area contributed by atoms with Crippen LogP contribution in [0.1, 0.15) is 36.6 Å². The van der Waals surface area contributed by atoms with Gasteiger partial charge >= 0.3 is 0 Å². The average Bonchev–Trinajstić information content (AvgIpc) is 3.44. The number of aromatic nitrogens is 1. The number of thiazole rings is 1. The van der Waals surface area contributed by atoms with Crippen molar-refractivity contribution in [3.8, 4) is 10.6 Å². The summed E-state index contributed by atoms with van der Waals surface area (Å²) in [5, 5.41) is 4.76. The Morgan fingerprint density at radius 2 is 1.89 bits per heavy atom. The van der Waals surface area contributed by atoms with Crippen molar-refractivity contribution in [3.05, 3.63) is 64.8 Å². The molecule has 1 N–H and O–H groups in total. The molecular weight excluding hydrogens is 565 g/mol. The van der Waals surface area contributed by atoms with E-state index < -0.39 is 15.7 Å². The number of amides is 1. The first-order valence-electron chi connectivity index (χ1n) is 12.3. The van der Waals surface area contributed by atoms with Crippen LogP contribution >= 0.6 is 35.1 Å². The van der Waals surface area contributed by atoms with Crippen molar-refractivity contribution in [2.75, 3.05) is 24.2 Å². The lowest BCUT2D eigenvalue weighted by atomic mass is 10.0. The molecule has 0 radical (unpaired) electrons. The minimum atomic E-state index is -3.58. The molecule has 1 amide bonds. The molecule has 0 bridgehead atoms. The second kappa shape index (κ2) is 12.2. The van der Waals surface area contributed by atoms with Crippen LogP contribution in [0.5, 0.6) is 0 Å². The normalized spacial score (nSPS) is 13.7. The van der Waals surface area contributed by atoms with Crippen LogP contribution in [-0.2, 0) is 27.6 Å². The number of thiophene rings is 1. The van der Waals surface area contributed by atoms with E-state index in [2.05, 4.69) is 23.2 Å². The SMILES string of the molecule is CCCN1CCc2c(sc(NC(=O)CCCS(=O)(=O)c3ccc(F)cc3)c2-c2nc3ccccc3s2)C1.Cl. The van der Waals surface area contributed by atoms with Crippen LogP contribution in [0.3, 0.4) is 0 Å². The molecule has 2 aromatic heterocycles. The Kier molecular flexibility index (Phi) is 9.20. The Hall–Kier alpha value is -2.37. The van der Waals surface area contributed by atoms with Crippen LogP contribution in [0.25, 0.3) is 20.8 Å². The minimum absolute atomic E-state index is 0. The van der Waals surface area contributed by atoms with Crippen LogP contribution in [0.4, 0.5) is 9.39 Å². The van der Waals surface area contributed by atoms with Gasteiger partial charge in [0, 0.05) is 30.0 Å². The molecule has 0 atom stereocenters. The molecule has 1 aliphatic rings. The Labute approximate surface area is 236 Å². The number of rotatable bonds is 9. The van der Waals surface area contributed by atoms with E-state index in [1.165, 1.54) is 22.6 Å². The molecule has 0 saturated heterocycles. The summed E-state index contributed by atoms with van der Waals surface area (Å²) in [6, 6.07) is 12.8. The number of nitrogens with one attached hydrogen (secondary N) is 1. The summed E-state index contributed by atoms with van der Waals surface area (Å²) in [6.45, 7) is 5.05. The van der Waals surface area contributed by atoms with Gasteiger partial charge < -0.3 is 5.32 Å². The molecule has 4 aromatic rings. The number of benzene rings is 2. The van der Waals surface area contributed by atoms with Crippen LogP contribution in [0.15, 0.2) is 53.4 Å². The lowest BCUT2D eigenvalue weighted by Gasteiger charge is -2.26. The van der Waals surface area contributed by atoms with E-state index in [1.54, 1.807) is 22.7 Å². The van der Waals surface area contributed by atoms with Gasteiger partial charge in [0.05, 0.1) is 20.9 Å². The topological polar surface area (TPSA) is 79.4 Å². The molecule has 0 saturated carbocycles. The van der Waals surface area contributed by atoms with E-state index in [1.807, 2.05) is 18.2 Å². The van der Waals surface area contributed by atoms with Gasteiger partial charge in [0.15, 0.2) is 9.84 Å². The lowest BCUT2D eigenvalue weighted by molar-refractivity contribution is -0.116. The zero-order chi connectivity index (χ0) is 26.0. The largest absolute Gasteiger partial charge is 0.317 e. The zero-order valence-electron chi connectivity index (χ0n) is 20.9. The first-order valence-corrected chi connectivity index (χ1v) is 15.6. The minimum Gasteiger partial charge on any atom is -0.317 e. The molecule has 11 heteroatoms. The fraction of sp³-hybridized carbons (Fsp3) is 0.333. The lowest BCUT2D eigenvalue weighted by Crippen LogP contribution is -2.30. The van der Waals surface area contributed by atoms with Gasteiger partial charge in [-0.1, -0.05) is 19.1 Å². The number of carbonyl (C=O) groups is 1. The Morgan fingerprint density at radius 1 is 1.13 bits per heavy atom. The molecule has 202 valence electrons. The maximum absolute atomic E-state index is 13.1. The van der Waals surface area contributed by atoms with Crippen molar-refractivity contribution in [1.29, 1.82) is 0 Å². The summed E-state index contributed by atoms with van der Waals surface area (Å²) < 4.78 is 39.4. The number of halogens is 2. The highest BCUT2D eigenvalue weighted by molar-refractivity contribution is 7.91. The summed E-state index contributed by atoms with van der Waals surface area (Å²) in [4.78, 5) is 21.6. The first kappa shape index (κ1) is 28.6. The fourth-order valence-electron chi connectivity index (χ4n) is 4.63. The number of hydrogen-bond acceptors (Lipinski definition) is 7. The smallest absolute Gasteiger partial charge is 0.225 e. The summed E-state index contributed by atoms with van der Waals surface area (Å²) >= 11 is 3.23. The van der Waals surface area contributed by atoms with Crippen molar-refractivity contribution in [3.63, 3.8) is 0 Å². The molecule has 6 nitrogen and oxygen atoms in total. The summed E-state index contributed by atoms with van der Waals surface area (Å²) in [5.74, 6) is -0.886. The van der Waals surface area contributed by atoms with Gasteiger partial charge in [-0.25, -0.2) is 17.8 Å². The second-order valence-corrected chi connectivity index (χ2v) is 13.4. The molecule has 3 heterocycles. The maximum Gasteiger partial charge on any atom is 0.225 e. The number of carbonyl (C=O) groups excluding carboxylic acids is 1. The zero-order valence-corrected chi connectivity index (χ0v) is 24.2. The van der Waals surface area contributed by atoms with Crippen molar-refractivity contribution < 1.29 is 17.6 Å². The number of anilines is 1. The Bertz CT molecular complexity index is 1500. The predicted molar refractivity (Wildman–Crippen MR) is 156 cm³/mol. The number of para-hydroxylation sites is 1. The molecule has 0 unspecified atom stereocenters. The molecule has 1 aliphatic heterocycles. The van der Waals surface area contributed by atoms with Gasteiger partial charge in [-0.3, -0.25) is 9.69 Å². The third-order valence-corrected chi connectivity index (χ3v) is 10.4. The van der Waals surface area contributed by atoms with Crippen molar-refractivity contribution in [2.45, 2.75) is 44.0 Å². The van der Waals surface area contributed by atoms with Crippen LogP contribution in [0, 0.1) is 5.82 Å². The highest BCUT2D eigenvalue weighted by Crippen LogP contribution is 2.45. The van der Waals surface area contributed by atoms with Crippen LogP contribution < -0.4 is 5.32 Å². The van der Waals surface area contributed by atoms with Crippen LogP contribution in [0.2, 0.25) is 0 Å². The Balaban J connectivity index is 0.00000336. The third kappa shape index (κ3) is 6.26. The second-order valence-electron chi connectivity index (χ2n) is 9.15. The van der Waals surface area contributed by atoms with Gasteiger partial charge in [0.1, 0.15) is 15.8 Å². The molecule has 38 heavy (non-hydrogen) atoms. The van der Waals surface area contributed by atoms with Crippen molar-refractivity contribution in [1.82, 2.24) is 9.88 Å². The maximum atomic E-state index is 13.1. The fourth-order valence-corrected chi connectivity index (χ4v) is 8.36. The molecule has 0 fully saturated rings. The monoisotopic (exact) mass is 593 g/mol. The van der Waals surface area contributed by atoms with E-state index in [9.17, 15) is 17.6 Å². The van der Waals surface area contributed by atoms with E-state index in [4.69, 9.17) is 4.98 Å². The highest BCUT2D eigenvalue weighted by atomic mass is 35.5. The van der Waals surface area contributed by atoms with Gasteiger partial charge in [-0.2, -0.15) is 0 Å². The van der Waals surface area contributed by atoms with Gasteiger partial charge in [0.2, 0.25) is 5.91 Å². The van der Waals surface area contributed by atoms with E-state index in [0.717, 1.165) is 70.4 Å². The van der Waals surface area contributed by atoms with Gasteiger partial charge in [0.25, 0.3) is 0 Å². The van der Waals surface area contributed by atoms with Crippen molar-refractivity contribution in [2.24, 2.45) is 0 Å². The Morgan fingerprint density at radius 3 is 2.63 bits per heavy atom. The van der Waals surface area contributed by atoms with E-state index in [-0.39, 0.29) is 41.8 Å². The van der Waals surface area contributed by atoms with E-state index >= 15 is 0 Å². The number of sulfone groups is 1. The summed E-state index contributed by atoms with van der Waals surface area (Å²) in [6.07, 6.45) is 2.25. The van der Waals surface area contributed by atoms with E-state index in [0.29, 0.717) is 0 Å². The van der Waals surface area contributed by atoms with Crippen molar-refractivity contribution >= 4 is 66.0 Å². The highest BCUT2D eigenvalue weighted by Gasteiger charge is 2.27. The molecular formula is C27H29ClFN3O3S3. The molecule has 0 spiro atoms. The van der Waals surface area contributed by atoms with Crippen LogP contribution in [-0.4, -0.2) is 43.1 Å². The number of nitrogens with zero attached hydrogens (tertiary/aromatic N) is 2. The molecule has 2 aromatic carbocycles.